The Labute approximate surface area is 104 Å². The minimum absolute atomic E-state index is 0.367. The van der Waals surface area contributed by atoms with Crippen LogP contribution in [0.25, 0.3) is 10.8 Å². The Hall–Kier alpha value is -1.20. The van der Waals surface area contributed by atoms with Crippen LogP contribution in [0.1, 0.15) is 36.4 Å². The first kappa shape index (κ1) is 10.9. The van der Waals surface area contributed by atoms with Gasteiger partial charge in [0.1, 0.15) is 0 Å². The largest absolute Gasteiger partial charge is 0.333 e. The summed E-state index contributed by atoms with van der Waals surface area (Å²) in [6.07, 6.45) is 4.21. The summed E-state index contributed by atoms with van der Waals surface area (Å²) < 4.78 is 5.31. The second-order valence-corrected chi connectivity index (χ2v) is 5.98. The fourth-order valence-electron chi connectivity index (χ4n) is 2.30. The van der Waals surface area contributed by atoms with Gasteiger partial charge in [-0.1, -0.05) is 18.0 Å². The van der Waals surface area contributed by atoms with E-state index in [2.05, 4.69) is 23.1 Å². The Balaban J connectivity index is 1.92. The average molecular weight is 249 g/mol. The Morgan fingerprint density at radius 1 is 1.35 bits per heavy atom. The molecule has 1 aliphatic carbocycles. The highest BCUT2D eigenvalue weighted by molar-refractivity contribution is 7.15. The molecule has 17 heavy (non-hydrogen) atoms. The van der Waals surface area contributed by atoms with Gasteiger partial charge >= 0.3 is 0 Å². The first-order valence-electron chi connectivity index (χ1n) is 5.87. The Morgan fingerprint density at radius 2 is 2.12 bits per heavy atom. The molecule has 3 rings (SSSR count). The van der Waals surface area contributed by atoms with Crippen LogP contribution in [-0.2, 0) is 5.54 Å². The number of nitrogens with zero attached hydrogens (tertiary/aromatic N) is 2. The molecule has 0 saturated heterocycles. The van der Waals surface area contributed by atoms with E-state index in [4.69, 9.17) is 10.3 Å². The summed E-state index contributed by atoms with van der Waals surface area (Å²) in [5.74, 6) is 1.26. The van der Waals surface area contributed by atoms with Crippen LogP contribution >= 0.6 is 11.3 Å². The summed E-state index contributed by atoms with van der Waals surface area (Å²) in [5, 5.41) is 4.05. The molecule has 0 bridgehead atoms. The predicted molar refractivity (Wildman–Crippen MR) is 66.7 cm³/mol. The lowest BCUT2D eigenvalue weighted by atomic mass is 9.99. The first-order chi connectivity index (χ1) is 8.17. The van der Waals surface area contributed by atoms with E-state index < -0.39 is 0 Å². The van der Waals surface area contributed by atoms with Crippen molar-refractivity contribution in [3.05, 3.63) is 22.8 Å². The highest BCUT2D eigenvalue weighted by Gasteiger charge is 2.36. The summed E-state index contributed by atoms with van der Waals surface area (Å²) in [4.78, 5) is 6.71. The molecule has 1 fully saturated rings. The summed E-state index contributed by atoms with van der Waals surface area (Å²) >= 11 is 1.66. The zero-order valence-electron chi connectivity index (χ0n) is 9.77. The van der Waals surface area contributed by atoms with Crippen LogP contribution in [0.15, 0.2) is 16.7 Å². The third kappa shape index (κ3) is 1.89. The summed E-state index contributed by atoms with van der Waals surface area (Å²) in [6, 6.07) is 4.06. The number of hydrogen-bond acceptors (Lipinski definition) is 5. The molecule has 2 aromatic heterocycles. The molecule has 0 spiro atoms. The maximum absolute atomic E-state index is 6.30. The van der Waals surface area contributed by atoms with Gasteiger partial charge in [-0.05, 0) is 31.9 Å². The quantitative estimate of drug-likeness (QED) is 0.888. The number of aromatic nitrogens is 2. The molecule has 1 saturated carbocycles. The summed E-state index contributed by atoms with van der Waals surface area (Å²) in [6.45, 7) is 2.06. The van der Waals surface area contributed by atoms with Gasteiger partial charge in [-0.15, -0.1) is 11.3 Å². The van der Waals surface area contributed by atoms with Gasteiger partial charge < -0.3 is 10.3 Å². The number of hydrogen-bond donors (Lipinski definition) is 1. The predicted octanol–water partition coefficient (Wildman–Crippen LogP) is 2.83. The van der Waals surface area contributed by atoms with Crippen LogP contribution in [0, 0.1) is 6.92 Å². The Kier molecular flexibility index (Phi) is 2.52. The highest BCUT2D eigenvalue weighted by atomic mass is 32.1. The third-order valence-electron chi connectivity index (χ3n) is 3.32. The number of thiophene rings is 1. The lowest BCUT2D eigenvalue weighted by molar-refractivity contribution is 0.373. The molecule has 0 atom stereocenters. The summed E-state index contributed by atoms with van der Waals surface area (Å²) in [7, 11) is 0. The molecule has 5 heteroatoms. The molecule has 0 aliphatic heterocycles. The Morgan fingerprint density at radius 3 is 2.76 bits per heavy atom. The van der Waals surface area contributed by atoms with Gasteiger partial charge in [-0.3, -0.25) is 0 Å². The lowest BCUT2D eigenvalue weighted by Crippen LogP contribution is -2.34. The van der Waals surface area contributed by atoms with Crippen molar-refractivity contribution in [2.75, 3.05) is 0 Å². The topological polar surface area (TPSA) is 64.9 Å². The third-order valence-corrected chi connectivity index (χ3v) is 4.31. The van der Waals surface area contributed by atoms with Gasteiger partial charge in [0.15, 0.2) is 5.82 Å². The minimum atomic E-state index is -0.367. The van der Waals surface area contributed by atoms with Gasteiger partial charge in [-0.25, -0.2) is 0 Å². The van der Waals surface area contributed by atoms with Crippen molar-refractivity contribution in [3.63, 3.8) is 0 Å². The number of aryl methyl sites for hydroxylation is 1. The van der Waals surface area contributed by atoms with E-state index in [1.807, 2.05) is 6.07 Å². The Bertz CT molecular complexity index is 525. The van der Waals surface area contributed by atoms with E-state index in [1.165, 1.54) is 4.88 Å². The fraction of sp³-hybridized carbons (Fsp3) is 0.500. The second kappa shape index (κ2) is 3.92. The van der Waals surface area contributed by atoms with E-state index in [9.17, 15) is 0 Å². The molecule has 1 aliphatic rings. The van der Waals surface area contributed by atoms with Crippen LogP contribution in [-0.4, -0.2) is 10.1 Å². The van der Waals surface area contributed by atoms with Crippen molar-refractivity contribution >= 4 is 11.3 Å². The zero-order valence-corrected chi connectivity index (χ0v) is 10.6. The zero-order chi connectivity index (χ0) is 11.9. The number of rotatable bonds is 2. The van der Waals surface area contributed by atoms with E-state index in [-0.39, 0.29) is 5.54 Å². The summed E-state index contributed by atoms with van der Waals surface area (Å²) in [5.41, 5.74) is 5.93. The molecular formula is C12H15N3OS. The molecule has 0 radical (unpaired) electrons. The van der Waals surface area contributed by atoms with E-state index in [0.717, 1.165) is 30.6 Å². The fourth-order valence-corrected chi connectivity index (χ4v) is 3.09. The van der Waals surface area contributed by atoms with Crippen LogP contribution in [0.5, 0.6) is 0 Å². The van der Waals surface area contributed by atoms with Gasteiger partial charge in [0, 0.05) is 4.88 Å². The molecule has 0 unspecified atom stereocenters. The second-order valence-electron chi connectivity index (χ2n) is 4.70. The smallest absolute Gasteiger partial charge is 0.268 e. The van der Waals surface area contributed by atoms with Gasteiger partial charge in [0.25, 0.3) is 5.89 Å². The van der Waals surface area contributed by atoms with Crippen LogP contribution < -0.4 is 5.73 Å². The molecule has 0 amide bonds. The van der Waals surface area contributed by atoms with Crippen molar-refractivity contribution < 1.29 is 4.52 Å². The van der Waals surface area contributed by atoms with E-state index in [0.29, 0.717) is 11.7 Å². The standard InChI is InChI=1S/C12H15N3OS/c1-8-4-5-9(17-8)10-14-11(15-16-10)12(13)6-2-3-7-12/h4-5H,2-3,6-7,13H2,1H3. The van der Waals surface area contributed by atoms with Gasteiger partial charge in [0.05, 0.1) is 10.4 Å². The first-order valence-corrected chi connectivity index (χ1v) is 6.69. The SMILES string of the molecule is Cc1ccc(-c2nc(C3(N)CCCC3)no2)s1. The maximum atomic E-state index is 6.30. The highest BCUT2D eigenvalue weighted by Crippen LogP contribution is 2.36. The minimum Gasteiger partial charge on any atom is -0.333 e. The van der Waals surface area contributed by atoms with Crippen molar-refractivity contribution in [2.24, 2.45) is 5.73 Å². The normalized spacial score (nSPS) is 18.7. The van der Waals surface area contributed by atoms with Crippen molar-refractivity contribution in [1.82, 2.24) is 10.1 Å². The van der Waals surface area contributed by atoms with Crippen LogP contribution in [0.2, 0.25) is 0 Å². The molecule has 2 N–H and O–H groups in total. The number of nitrogens with two attached hydrogens (primary N) is 1. The lowest BCUT2D eigenvalue weighted by Gasteiger charge is -2.17. The van der Waals surface area contributed by atoms with E-state index >= 15 is 0 Å². The van der Waals surface area contributed by atoms with E-state index in [1.54, 1.807) is 11.3 Å². The monoisotopic (exact) mass is 249 g/mol. The van der Waals surface area contributed by atoms with Gasteiger partial charge in [-0.2, -0.15) is 4.98 Å². The van der Waals surface area contributed by atoms with Crippen LogP contribution in [0.3, 0.4) is 0 Å². The molecular weight excluding hydrogens is 234 g/mol. The van der Waals surface area contributed by atoms with Crippen molar-refractivity contribution in [2.45, 2.75) is 38.1 Å². The molecule has 0 aromatic carbocycles. The molecule has 2 aromatic rings. The molecule has 2 heterocycles. The average Bonchev–Trinajstić information content (AvgIpc) is 2.96. The maximum Gasteiger partial charge on any atom is 0.268 e. The molecule has 90 valence electrons. The molecule has 4 nitrogen and oxygen atoms in total. The van der Waals surface area contributed by atoms with Crippen molar-refractivity contribution in [3.8, 4) is 10.8 Å². The van der Waals surface area contributed by atoms with Crippen LogP contribution in [0.4, 0.5) is 0 Å². The van der Waals surface area contributed by atoms with Gasteiger partial charge in [0.2, 0.25) is 0 Å². The van der Waals surface area contributed by atoms with Crippen molar-refractivity contribution in [1.29, 1.82) is 0 Å².